The van der Waals surface area contributed by atoms with Crippen molar-refractivity contribution in [2.45, 2.75) is 31.9 Å². The van der Waals surface area contributed by atoms with Gasteiger partial charge in [0.15, 0.2) is 5.11 Å². The van der Waals surface area contributed by atoms with Crippen molar-refractivity contribution in [3.05, 3.63) is 59.1 Å². The summed E-state index contributed by atoms with van der Waals surface area (Å²) in [5.74, 6) is 0.913. The van der Waals surface area contributed by atoms with Crippen LogP contribution in [0.3, 0.4) is 0 Å². The molecule has 120 valence electrons. The lowest BCUT2D eigenvalue weighted by atomic mass is 9.90. The Bertz CT molecular complexity index is 715. The molecule has 2 aromatic carbocycles. The molecule has 0 aliphatic carbocycles. The number of halogens is 1. The van der Waals surface area contributed by atoms with Gasteiger partial charge in [0.2, 0.25) is 0 Å². The third-order valence-corrected chi connectivity index (χ3v) is 4.26. The molecule has 1 heterocycles. The van der Waals surface area contributed by atoms with Crippen LogP contribution in [0.4, 0.5) is 5.69 Å². The number of ether oxygens (including phenoxy) is 1. The first kappa shape index (κ1) is 16.1. The van der Waals surface area contributed by atoms with Crippen molar-refractivity contribution in [1.82, 2.24) is 5.32 Å². The molecule has 1 aliphatic heterocycles. The predicted octanol–water partition coefficient (Wildman–Crippen LogP) is 4.93. The molecule has 0 amide bonds. The normalized spacial score (nSPS) is 18.5. The van der Waals surface area contributed by atoms with Crippen LogP contribution in [0.25, 0.3) is 0 Å². The third kappa shape index (κ3) is 3.95. The number of anilines is 1. The van der Waals surface area contributed by atoms with E-state index in [4.69, 9.17) is 28.6 Å². The highest BCUT2D eigenvalue weighted by molar-refractivity contribution is 7.80. The van der Waals surface area contributed by atoms with Gasteiger partial charge in [-0.2, -0.15) is 0 Å². The van der Waals surface area contributed by atoms with Crippen molar-refractivity contribution in [2.24, 2.45) is 0 Å². The van der Waals surface area contributed by atoms with Gasteiger partial charge in [0.05, 0.1) is 6.04 Å². The van der Waals surface area contributed by atoms with Crippen LogP contribution in [-0.2, 0) is 0 Å². The fourth-order valence-corrected chi connectivity index (χ4v) is 3.18. The number of hydrogen-bond donors (Lipinski definition) is 2. The number of thiocarbonyl (C=S) groups is 1. The van der Waals surface area contributed by atoms with E-state index in [1.54, 1.807) is 0 Å². The van der Waals surface area contributed by atoms with Gasteiger partial charge in [-0.05, 0) is 56.4 Å². The molecule has 3 nitrogen and oxygen atoms in total. The van der Waals surface area contributed by atoms with E-state index in [1.165, 1.54) is 0 Å². The Morgan fingerprint density at radius 3 is 2.61 bits per heavy atom. The first-order valence-electron chi connectivity index (χ1n) is 7.54. The molecule has 1 aliphatic rings. The Morgan fingerprint density at radius 1 is 1.17 bits per heavy atom. The van der Waals surface area contributed by atoms with Crippen LogP contribution in [-0.4, -0.2) is 10.7 Å². The summed E-state index contributed by atoms with van der Waals surface area (Å²) < 4.78 is 6.04. The summed E-state index contributed by atoms with van der Waals surface area (Å²) in [7, 11) is 0. The molecule has 1 atom stereocenters. The van der Waals surface area contributed by atoms with Crippen LogP contribution < -0.4 is 15.4 Å². The van der Waals surface area contributed by atoms with Crippen molar-refractivity contribution in [1.29, 1.82) is 0 Å². The molecule has 1 unspecified atom stereocenters. The zero-order valence-electron chi connectivity index (χ0n) is 13.1. The summed E-state index contributed by atoms with van der Waals surface area (Å²) >= 11 is 11.4. The summed E-state index contributed by atoms with van der Waals surface area (Å²) in [5, 5.41) is 7.89. The van der Waals surface area contributed by atoms with Crippen molar-refractivity contribution in [3.8, 4) is 5.75 Å². The van der Waals surface area contributed by atoms with Crippen LogP contribution in [0.2, 0.25) is 5.02 Å². The average Bonchev–Trinajstić information content (AvgIpc) is 2.48. The smallest absolute Gasteiger partial charge is 0.171 e. The number of rotatable bonds is 2. The second-order valence-electron chi connectivity index (χ2n) is 6.26. The molecule has 0 radical (unpaired) electrons. The van der Waals surface area contributed by atoms with Gasteiger partial charge >= 0.3 is 0 Å². The highest BCUT2D eigenvalue weighted by Crippen LogP contribution is 2.39. The summed E-state index contributed by atoms with van der Waals surface area (Å²) in [4.78, 5) is 0. The molecule has 0 spiro atoms. The highest BCUT2D eigenvalue weighted by Gasteiger charge is 2.33. The minimum atomic E-state index is -0.234. The lowest BCUT2D eigenvalue weighted by Crippen LogP contribution is -2.42. The summed E-state index contributed by atoms with van der Waals surface area (Å²) in [5.41, 5.74) is 1.81. The van der Waals surface area contributed by atoms with Gasteiger partial charge in [-0.15, -0.1) is 0 Å². The average molecular weight is 347 g/mol. The number of para-hydroxylation sites is 1. The van der Waals surface area contributed by atoms with Gasteiger partial charge in [0.1, 0.15) is 11.4 Å². The van der Waals surface area contributed by atoms with Crippen LogP contribution >= 0.6 is 23.8 Å². The second-order valence-corrected chi connectivity index (χ2v) is 7.11. The van der Waals surface area contributed by atoms with E-state index >= 15 is 0 Å². The minimum absolute atomic E-state index is 0.113. The fourth-order valence-electron chi connectivity index (χ4n) is 2.79. The largest absolute Gasteiger partial charge is 0.487 e. The van der Waals surface area contributed by atoms with Crippen molar-refractivity contribution < 1.29 is 4.74 Å². The molecular weight excluding hydrogens is 328 g/mol. The molecule has 3 rings (SSSR count). The van der Waals surface area contributed by atoms with Gasteiger partial charge in [-0.1, -0.05) is 29.8 Å². The minimum Gasteiger partial charge on any atom is -0.487 e. The molecular formula is C18H19ClN2OS. The number of benzene rings is 2. The zero-order valence-corrected chi connectivity index (χ0v) is 14.7. The van der Waals surface area contributed by atoms with E-state index in [2.05, 4.69) is 30.5 Å². The fraction of sp³-hybridized carbons (Fsp3) is 0.278. The maximum atomic E-state index is 6.04. The SMILES string of the molecule is CC1(C)CC(NC(=S)Nc2ccc(Cl)cc2)c2ccccc2O1. The van der Waals surface area contributed by atoms with Gasteiger partial charge in [0, 0.05) is 22.7 Å². The number of hydrogen-bond acceptors (Lipinski definition) is 2. The molecule has 2 N–H and O–H groups in total. The van der Waals surface area contributed by atoms with Gasteiger partial charge in [-0.3, -0.25) is 0 Å². The Kier molecular flexibility index (Phi) is 4.46. The molecule has 23 heavy (non-hydrogen) atoms. The summed E-state index contributed by atoms with van der Waals surface area (Å²) in [6.07, 6.45) is 0.840. The number of nitrogens with one attached hydrogen (secondary N) is 2. The van der Waals surface area contributed by atoms with Gasteiger partial charge in [0.25, 0.3) is 0 Å². The first-order chi connectivity index (χ1) is 10.9. The molecule has 5 heteroatoms. The monoisotopic (exact) mass is 346 g/mol. The summed E-state index contributed by atoms with van der Waals surface area (Å²) in [6.45, 7) is 4.18. The van der Waals surface area contributed by atoms with E-state index in [-0.39, 0.29) is 11.6 Å². The zero-order chi connectivity index (χ0) is 16.4. The van der Waals surface area contributed by atoms with Crippen LogP contribution in [0.15, 0.2) is 48.5 Å². The lowest BCUT2D eigenvalue weighted by Gasteiger charge is -2.38. The van der Waals surface area contributed by atoms with E-state index in [0.717, 1.165) is 23.4 Å². The van der Waals surface area contributed by atoms with E-state index in [9.17, 15) is 0 Å². The highest BCUT2D eigenvalue weighted by atomic mass is 35.5. The standard InChI is InChI=1S/C18H19ClN2OS/c1-18(2)11-15(14-5-3-4-6-16(14)22-18)21-17(23)20-13-9-7-12(19)8-10-13/h3-10,15H,11H2,1-2H3,(H2,20,21,23). The maximum absolute atomic E-state index is 6.04. The van der Waals surface area contributed by atoms with E-state index < -0.39 is 0 Å². The molecule has 0 saturated heterocycles. The molecule has 0 saturated carbocycles. The Balaban J connectivity index is 1.74. The van der Waals surface area contributed by atoms with Gasteiger partial charge in [-0.25, -0.2) is 0 Å². The Labute approximate surface area is 147 Å². The van der Waals surface area contributed by atoms with E-state index in [0.29, 0.717) is 10.1 Å². The molecule has 0 aromatic heterocycles. The first-order valence-corrected chi connectivity index (χ1v) is 8.33. The molecule has 2 aromatic rings. The third-order valence-electron chi connectivity index (χ3n) is 3.78. The van der Waals surface area contributed by atoms with Crippen molar-refractivity contribution in [2.75, 3.05) is 5.32 Å². The van der Waals surface area contributed by atoms with Gasteiger partial charge < -0.3 is 15.4 Å². The topological polar surface area (TPSA) is 33.3 Å². The summed E-state index contributed by atoms with van der Waals surface area (Å²) in [6, 6.07) is 15.7. The second kappa shape index (κ2) is 6.38. The maximum Gasteiger partial charge on any atom is 0.171 e. The van der Waals surface area contributed by atoms with Crippen LogP contribution in [0.1, 0.15) is 31.9 Å². The van der Waals surface area contributed by atoms with E-state index in [1.807, 2.05) is 42.5 Å². The predicted molar refractivity (Wildman–Crippen MR) is 99.3 cm³/mol. The quantitative estimate of drug-likeness (QED) is 0.755. The lowest BCUT2D eigenvalue weighted by molar-refractivity contribution is 0.0697. The molecule has 0 fully saturated rings. The van der Waals surface area contributed by atoms with Crippen molar-refractivity contribution >= 4 is 34.6 Å². The van der Waals surface area contributed by atoms with Crippen LogP contribution in [0, 0.1) is 0 Å². The Morgan fingerprint density at radius 2 is 1.87 bits per heavy atom. The van der Waals surface area contributed by atoms with Crippen molar-refractivity contribution in [3.63, 3.8) is 0 Å². The van der Waals surface area contributed by atoms with Crippen LogP contribution in [0.5, 0.6) is 5.75 Å². The molecule has 0 bridgehead atoms. The number of fused-ring (bicyclic) bond motifs is 1. The Hall–Kier alpha value is -1.78.